The number of nitrogen functional groups attached to an aromatic ring is 1. The molecule has 0 aliphatic carbocycles. The summed E-state index contributed by atoms with van der Waals surface area (Å²) in [5.41, 5.74) is 8.87. The molecule has 1 aromatic heterocycles. The van der Waals surface area contributed by atoms with Gasteiger partial charge in [-0.1, -0.05) is 0 Å². The zero-order valence-electron chi connectivity index (χ0n) is 7.78. The zero-order chi connectivity index (χ0) is 10.1. The van der Waals surface area contributed by atoms with Gasteiger partial charge in [-0.05, 0) is 30.7 Å². The second-order valence-electron chi connectivity index (χ2n) is 3.20. The van der Waals surface area contributed by atoms with Crippen LogP contribution in [0, 0.1) is 6.92 Å². The number of aromatic nitrogens is 2. The Balaban J connectivity index is 2.53. The third kappa shape index (κ3) is 1.31. The van der Waals surface area contributed by atoms with E-state index in [0.29, 0.717) is 5.69 Å². The first-order valence-corrected chi connectivity index (χ1v) is 4.27. The van der Waals surface area contributed by atoms with Gasteiger partial charge in [0.1, 0.15) is 5.75 Å². The Hall–Kier alpha value is -1.97. The van der Waals surface area contributed by atoms with Gasteiger partial charge in [0.25, 0.3) is 0 Å². The first-order chi connectivity index (χ1) is 6.68. The largest absolute Gasteiger partial charge is 0.506 e. The number of phenols is 1. The summed E-state index contributed by atoms with van der Waals surface area (Å²) in [5, 5.41) is 16.1. The van der Waals surface area contributed by atoms with E-state index in [4.69, 9.17) is 5.73 Å². The van der Waals surface area contributed by atoms with Gasteiger partial charge in [0, 0.05) is 5.56 Å². The number of anilines is 1. The minimum atomic E-state index is 0.103. The predicted molar refractivity (Wildman–Crippen MR) is 54.8 cm³/mol. The van der Waals surface area contributed by atoms with Gasteiger partial charge in [-0.25, -0.2) is 0 Å². The molecule has 0 unspecified atom stereocenters. The Kier molecular flexibility index (Phi) is 1.89. The van der Waals surface area contributed by atoms with Crippen LogP contribution in [-0.4, -0.2) is 15.3 Å². The van der Waals surface area contributed by atoms with E-state index in [2.05, 4.69) is 10.2 Å². The number of hydrogen-bond acceptors (Lipinski definition) is 3. The molecule has 0 saturated heterocycles. The normalized spacial score (nSPS) is 10.4. The van der Waals surface area contributed by atoms with Crippen LogP contribution >= 0.6 is 0 Å². The Morgan fingerprint density at radius 2 is 2.21 bits per heavy atom. The van der Waals surface area contributed by atoms with Crippen molar-refractivity contribution in [3.63, 3.8) is 0 Å². The summed E-state index contributed by atoms with van der Waals surface area (Å²) in [7, 11) is 0. The Morgan fingerprint density at radius 3 is 2.79 bits per heavy atom. The molecule has 4 N–H and O–H groups in total. The van der Waals surface area contributed by atoms with E-state index in [1.807, 2.05) is 6.92 Å². The number of phenolic OH excluding ortho intramolecular Hbond substituents is 1. The quantitative estimate of drug-likeness (QED) is 0.472. The van der Waals surface area contributed by atoms with E-state index < -0.39 is 0 Å². The standard InChI is InChI=1S/C10H11N3O/c1-6-5-12-13-10(6)7-2-3-9(14)8(11)4-7/h2-5,14H,11H2,1H3,(H,12,13). The van der Waals surface area contributed by atoms with Gasteiger partial charge in [0.2, 0.25) is 0 Å². The molecule has 0 bridgehead atoms. The maximum absolute atomic E-state index is 9.26. The summed E-state index contributed by atoms with van der Waals surface area (Å²) in [6.45, 7) is 1.96. The van der Waals surface area contributed by atoms with E-state index in [0.717, 1.165) is 16.8 Å². The van der Waals surface area contributed by atoms with Crippen molar-refractivity contribution in [1.29, 1.82) is 0 Å². The summed E-state index contributed by atoms with van der Waals surface area (Å²) in [6.07, 6.45) is 1.75. The van der Waals surface area contributed by atoms with Crippen molar-refractivity contribution < 1.29 is 5.11 Å². The van der Waals surface area contributed by atoms with Crippen molar-refractivity contribution in [2.75, 3.05) is 5.73 Å². The highest BCUT2D eigenvalue weighted by Crippen LogP contribution is 2.27. The highest BCUT2D eigenvalue weighted by molar-refractivity contribution is 5.69. The fraction of sp³-hybridized carbons (Fsp3) is 0.100. The molecule has 4 nitrogen and oxygen atoms in total. The number of aromatic hydroxyl groups is 1. The van der Waals surface area contributed by atoms with Gasteiger partial charge < -0.3 is 10.8 Å². The van der Waals surface area contributed by atoms with Crippen LogP contribution in [0.3, 0.4) is 0 Å². The molecule has 4 heteroatoms. The lowest BCUT2D eigenvalue weighted by atomic mass is 10.1. The molecule has 0 saturated carbocycles. The van der Waals surface area contributed by atoms with E-state index in [1.165, 1.54) is 0 Å². The third-order valence-corrected chi connectivity index (χ3v) is 2.15. The molecule has 0 fully saturated rings. The zero-order valence-corrected chi connectivity index (χ0v) is 7.78. The van der Waals surface area contributed by atoms with E-state index in [9.17, 15) is 5.11 Å². The number of rotatable bonds is 1. The number of benzene rings is 1. The topological polar surface area (TPSA) is 74.9 Å². The van der Waals surface area contributed by atoms with Crippen LogP contribution in [-0.2, 0) is 0 Å². The molecule has 2 aromatic rings. The predicted octanol–water partition coefficient (Wildman–Crippen LogP) is 1.67. The summed E-state index contributed by atoms with van der Waals surface area (Å²) in [4.78, 5) is 0. The lowest BCUT2D eigenvalue weighted by Gasteiger charge is -2.02. The van der Waals surface area contributed by atoms with Gasteiger partial charge in [-0.2, -0.15) is 5.10 Å². The minimum Gasteiger partial charge on any atom is -0.506 e. The van der Waals surface area contributed by atoms with Gasteiger partial charge in [0.05, 0.1) is 17.6 Å². The van der Waals surface area contributed by atoms with Crippen LogP contribution in [0.2, 0.25) is 0 Å². The molecule has 1 aromatic carbocycles. The molecule has 0 radical (unpaired) electrons. The van der Waals surface area contributed by atoms with Crippen LogP contribution < -0.4 is 5.73 Å². The lowest BCUT2D eigenvalue weighted by Crippen LogP contribution is -1.87. The number of nitrogens with zero attached hydrogens (tertiary/aromatic N) is 1. The van der Waals surface area contributed by atoms with Crippen molar-refractivity contribution in [3.05, 3.63) is 30.0 Å². The average Bonchev–Trinajstić information content (AvgIpc) is 2.57. The molecule has 72 valence electrons. The Bertz CT molecular complexity index is 462. The van der Waals surface area contributed by atoms with Crippen molar-refractivity contribution in [2.45, 2.75) is 6.92 Å². The molecule has 0 atom stereocenters. The highest BCUT2D eigenvalue weighted by atomic mass is 16.3. The number of nitrogens with two attached hydrogens (primary N) is 1. The summed E-state index contributed by atoms with van der Waals surface area (Å²) in [6, 6.07) is 5.09. The van der Waals surface area contributed by atoms with E-state index in [1.54, 1.807) is 24.4 Å². The first kappa shape index (κ1) is 8.62. The molecule has 14 heavy (non-hydrogen) atoms. The molecule has 0 aliphatic heterocycles. The van der Waals surface area contributed by atoms with Gasteiger partial charge in [0.15, 0.2) is 0 Å². The van der Waals surface area contributed by atoms with E-state index in [-0.39, 0.29) is 5.75 Å². The number of aromatic amines is 1. The third-order valence-electron chi connectivity index (χ3n) is 2.15. The number of H-pyrrole nitrogens is 1. The first-order valence-electron chi connectivity index (χ1n) is 4.27. The molecule has 2 rings (SSSR count). The van der Waals surface area contributed by atoms with Crippen LogP contribution in [0.5, 0.6) is 5.75 Å². The molecule has 0 spiro atoms. The lowest BCUT2D eigenvalue weighted by molar-refractivity contribution is 0.478. The molecule has 0 amide bonds. The minimum absolute atomic E-state index is 0.103. The number of hydrogen-bond donors (Lipinski definition) is 3. The van der Waals surface area contributed by atoms with Crippen LogP contribution in [0.1, 0.15) is 5.56 Å². The van der Waals surface area contributed by atoms with Crippen LogP contribution in [0.25, 0.3) is 11.3 Å². The summed E-state index contributed by atoms with van der Waals surface area (Å²) in [5.74, 6) is 0.103. The number of aryl methyl sites for hydroxylation is 1. The van der Waals surface area contributed by atoms with Crippen molar-refractivity contribution >= 4 is 5.69 Å². The molecular weight excluding hydrogens is 178 g/mol. The van der Waals surface area contributed by atoms with Gasteiger partial charge in [-0.15, -0.1) is 0 Å². The van der Waals surface area contributed by atoms with Crippen molar-refractivity contribution in [1.82, 2.24) is 10.2 Å². The SMILES string of the molecule is Cc1cn[nH]c1-c1ccc(O)c(N)c1. The maximum atomic E-state index is 9.26. The maximum Gasteiger partial charge on any atom is 0.138 e. The average molecular weight is 189 g/mol. The molecular formula is C10H11N3O. The summed E-state index contributed by atoms with van der Waals surface area (Å²) >= 11 is 0. The highest BCUT2D eigenvalue weighted by Gasteiger charge is 2.05. The monoisotopic (exact) mass is 189 g/mol. The van der Waals surface area contributed by atoms with Gasteiger partial charge >= 0.3 is 0 Å². The van der Waals surface area contributed by atoms with E-state index >= 15 is 0 Å². The fourth-order valence-electron chi connectivity index (χ4n) is 1.35. The smallest absolute Gasteiger partial charge is 0.138 e. The summed E-state index contributed by atoms with van der Waals surface area (Å²) < 4.78 is 0. The Labute approximate surface area is 81.4 Å². The second-order valence-corrected chi connectivity index (χ2v) is 3.20. The molecule has 1 heterocycles. The van der Waals surface area contributed by atoms with Crippen LogP contribution in [0.4, 0.5) is 5.69 Å². The Morgan fingerprint density at radius 1 is 1.43 bits per heavy atom. The molecule has 0 aliphatic rings. The van der Waals surface area contributed by atoms with Crippen molar-refractivity contribution in [2.24, 2.45) is 0 Å². The number of nitrogens with one attached hydrogen (secondary N) is 1. The fourth-order valence-corrected chi connectivity index (χ4v) is 1.35. The van der Waals surface area contributed by atoms with Gasteiger partial charge in [-0.3, -0.25) is 5.10 Å². The van der Waals surface area contributed by atoms with Crippen LogP contribution in [0.15, 0.2) is 24.4 Å². The second kappa shape index (κ2) is 3.06. The van der Waals surface area contributed by atoms with Crippen molar-refractivity contribution in [3.8, 4) is 17.0 Å².